The minimum absolute atomic E-state index is 0.0417. The van der Waals surface area contributed by atoms with Crippen molar-refractivity contribution in [2.45, 2.75) is 32.5 Å². The number of hydrogen-bond acceptors (Lipinski definition) is 5. The Bertz CT molecular complexity index is 789. The number of hydrogen-bond donors (Lipinski definition) is 0. The SMILES string of the molecule is CCO[C@@H]1CN(C(=O)c2ccc3c(c2)OCCCO3)Cc2ccnn2C1. The first kappa shape index (κ1) is 16.9. The second-order valence-electron chi connectivity index (χ2n) is 6.48. The highest BCUT2D eigenvalue weighted by Gasteiger charge is 2.27. The second kappa shape index (κ2) is 7.37. The van der Waals surface area contributed by atoms with Gasteiger partial charge < -0.3 is 19.1 Å². The zero-order chi connectivity index (χ0) is 17.9. The summed E-state index contributed by atoms with van der Waals surface area (Å²) in [4.78, 5) is 15.0. The highest BCUT2D eigenvalue weighted by atomic mass is 16.5. The number of amides is 1. The summed E-state index contributed by atoms with van der Waals surface area (Å²) < 4.78 is 19.1. The van der Waals surface area contributed by atoms with Gasteiger partial charge >= 0.3 is 0 Å². The molecule has 0 unspecified atom stereocenters. The number of nitrogens with zero attached hydrogens (tertiary/aromatic N) is 3. The van der Waals surface area contributed by atoms with Crippen molar-refractivity contribution in [1.29, 1.82) is 0 Å². The van der Waals surface area contributed by atoms with Crippen molar-refractivity contribution < 1.29 is 19.0 Å². The fraction of sp³-hybridized carbons (Fsp3) is 0.474. The third-order valence-corrected chi connectivity index (χ3v) is 4.64. The van der Waals surface area contributed by atoms with Gasteiger partial charge in [0.1, 0.15) is 0 Å². The van der Waals surface area contributed by atoms with Gasteiger partial charge in [-0.1, -0.05) is 0 Å². The fourth-order valence-corrected chi connectivity index (χ4v) is 3.39. The molecule has 3 heterocycles. The Morgan fingerprint density at radius 2 is 2.08 bits per heavy atom. The van der Waals surface area contributed by atoms with Crippen molar-refractivity contribution in [3.8, 4) is 11.5 Å². The van der Waals surface area contributed by atoms with Crippen LogP contribution in [0.1, 0.15) is 29.4 Å². The molecule has 2 aliphatic rings. The average molecular weight is 357 g/mol. The number of rotatable bonds is 3. The molecule has 26 heavy (non-hydrogen) atoms. The van der Waals surface area contributed by atoms with Crippen LogP contribution in [0.15, 0.2) is 30.5 Å². The Labute approximate surface area is 152 Å². The van der Waals surface area contributed by atoms with E-state index in [-0.39, 0.29) is 12.0 Å². The lowest BCUT2D eigenvalue weighted by atomic mass is 10.1. The minimum atomic E-state index is -0.0782. The number of benzene rings is 1. The fourth-order valence-electron chi connectivity index (χ4n) is 3.39. The third-order valence-electron chi connectivity index (χ3n) is 4.64. The molecular formula is C19H23N3O4. The monoisotopic (exact) mass is 357 g/mol. The lowest BCUT2D eigenvalue weighted by Gasteiger charge is -2.24. The van der Waals surface area contributed by atoms with Crippen molar-refractivity contribution >= 4 is 5.91 Å². The van der Waals surface area contributed by atoms with Crippen molar-refractivity contribution in [2.75, 3.05) is 26.4 Å². The number of ether oxygens (including phenoxy) is 3. The van der Waals surface area contributed by atoms with E-state index in [1.165, 1.54) is 0 Å². The maximum atomic E-state index is 13.2. The molecule has 0 fully saturated rings. The van der Waals surface area contributed by atoms with Crippen LogP contribution < -0.4 is 9.47 Å². The van der Waals surface area contributed by atoms with Crippen LogP contribution in [0, 0.1) is 0 Å². The van der Waals surface area contributed by atoms with Crippen LogP contribution in [0.25, 0.3) is 0 Å². The smallest absolute Gasteiger partial charge is 0.254 e. The third kappa shape index (κ3) is 3.39. The Morgan fingerprint density at radius 3 is 2.92 bits per heavy atom. The minimum Gasteiger partial charge on any atom is -0.490 e. The molecule has 7 heteroatoms. The molecule has 7 nitrogen and oxygen atoms in total. The first-order chi connectivity index (χ1) is 12.7. The van der Waals surface area contributed by atoms with E-state index < -0.39 is 0 Å². The van der Waals surface area contributed by atoms with Crippen LogP contribution in [-0.4, -0.2) is 53.1 Å². The maximum absolute atomic E-state index is 13.2. The molecule has 0 N–H and O–H groups in total. The Morgan fingerprint density at radius 1 is 1.23 bits per heavy atom. The van der Waals surface area contributed by atoms with Gasteiger partial charge in [0.15, 0.2) is 11.5 Å². The van der Waals surface area contributed by atoms with Gasteiger partial charge in [0.25, 0.3) is 5.91 Å². The van der Waals surface area contributed by atoms with E-state index in [1.807, 2.05) is 28.6 Å². The molecular weight excluding hydrogens is 334 g/mol. The van der Waals surface area contributed by atoms with Crippen molar-refractivity contribution in [3.63, 3.8) is 0 Å². The predicted octanol–water partition coefficient (Wildman–Crippen LogP) is 2.11. The van der Waals surface area contributed by atoms with Gasteiger partial charge in [-0.25, -0.2) is 0 Å². The molecule has 0 bridgehead atoms. The molecule has 1 amide bonds. The molecule has 0 saturated heterocycles. The molecule has 0 aliphatic carbocycles. The van der Waals surface area contributed by atoms with Gasteiger partial charge in [-0.2, -0.15) is 5.10 Å². The molecule has 138 valence electrons. The molecule has 1 atom stereocenters. The lowest BCUT2D eigenvalue weighted by Crippen LogP contribution is -2.37. The summed E-state index contributed by atoms with van der Waals surface area (Å²) in [6.45, 7) is 5.49. The van der Waals surface area contributed by atoms with E-state index in [4.69, 9.17) is 14.2 Å². The summed E-state index contributed by atoms with van der Waals surface area (Å²) >= 11 is 0. The van der Waals surface area contributed by atoms with E-state index in [0.717, 1.165) is 12.1 Å². The quantitative estimate of drug-likeness (QED) is 0.842. The Hall–Kier alpha value is -2.54. The maximum Gasteiger partial charge on any atom is 0.254 e. The molecule has 1 aromatic heterocycles. The summed E-state index contributed by atoms with van der Waals surface area (Å²) in [5.41, 5.74) is 1.60. The van der Waals surface area contributed by atoms with E-state index in [0.29, 0.717) is 56.5 Å². The first-order valence-corrected chi connectivity index (χ1v) is 9.06. The molecule has 0 saturated carbocycles. The first-order valence-electron chi connectivity index (χ1n) is 9.06. The van der Waals surface area contributed by atoms with Crippen LogP contribution >= 0.6 is 0 Å². The van der Waals surface area contributed by atoms with Gasteiger partial charge in [0.05, 0.1) is 38.1 Å². The zero-order valence-corrected chi connectivity index (χ0v) is 14.9. The van der Waals surface area contributed by atoms with Crippen molar-refractivity contribution in [1.82, 2.24) is 14.7 Å². The summed E-state index contributed by atoms with van der Waals surface area (Å²) in [5.74, 6) is 1.29. The van der Waals surface area contributed by atoms with Crippen LogP contribution in [0.2, 0.25) is 0 Å². The summed E-state index contributed by atoms with van der Waals surface area (Å²) in [5, 5.41) is 4.35. The van der Waals surface area contributed by atoms with Crippen LogP contribution in [0.4, 0.5) is 0 Å². The average Bonchev–Trinajstić information content (AvgIpc) is 2.86. The molecule has 0 radical (unpaired) electrons. The highest BCUT2D eigenvalue weighted by molar-refractivity contribution is 5.95. The molecule has 2 aromatic rings. The molecule has 2 aliphatic heterocycles. The molecule has 0 spiro atoms. The summed E-state index contributed by atoms with van der Waals surface area (Å²) in [6, 6.07) is 7.34. The summed E-state index contributed by atoms with van der Waals surface area (Å²) in [6.07, 6.45) is 2.52. The molecule has 4 rings (SSSR count). The van der Waals surface area contributed by atoms with Crippen LogP contribution in [0.5, 0.6) is 11.5 Å². The predicted molar refractivity (Wildman–Crippen MR) is 94.4 cm³/mol. The van der Waals surface area contributed by atoms with E-state index in [9.17, 15) is 4.79 Å². The van der Waals surface area contributed by atoms with Gasteiger partial charge in [0.2, 0.25) is 0 Å². The number of aromatic nitrogens is 2. The van der Waals surface area contributed by atoms with Gasteiger partial charge in [-0.3, -0.25) is 9.48 Å². The number of carbonyl (C=O) groups is 1. The highest BCUT2D eigenvalue weighted by Crippen LogP contribution is 2.31. The Balaban J connectivity index is 1.59. The van der Waals surface area contributed by atoms with Crippen LogP contribution in [-0.2, 0) is 17.8 Å². The second-order valence-corrected chi connectivity index (χ2v) is 6.48. The van der Waals surface area contributed by atoms with Gasteiger partial charge in [-0.15, -0.1) is 0 Å². The van der Waals surface area contributed by atoms with Crippen molar-refractivity contribution in [3.05, 3.63) is 41.7 Å². The molecule has 1 aromatic carbocycles. The Kier molecular flexibility index (Phi) is 4.79. The standard InChI is InChI=1S/C19H23N3O4/c1-2-24-16-12-21(11-15-6-7-20-22(15)13-16)19(23)14-4-5-17-18(10-14)26-9-3-8-25-17/h4-7,10,16H,2-3,8-9,11-13H2,1H3/t16-/m1/s1. The number of fused-ring (bicyclic) bond motifs is 2. The zero-order valence-electron chi connectivity index (χ0n) is 14.9. The number of carbonyl (C=O) groups excluding carboxylic acids is 1. The van der Waals surface area contributed by atoms with Crippen LogP contribution in [0.3, 0.4) is 0 Å². The summed E-state index contributed by atoms with van der Waals surface area (Å²) in [7, 11) is 0. The largest absolute Gasteiger partial charge is 0.490 e. The van der Waals surface area contributed by atoms with E-state index in [2.05, 4.69) is 5.10 Å². The van der Waals surface area contributed by atoms with Gasteiger partial charge in [-0.05, 0) is 31.2 Å². The topological polar surface area (TPSA) is 65.8 Å². The normalized spacial score (nSPS) is 19.4. The lowest BCUT2D eigenvalue weighted by molar-refractivity contribution is 0.0245. The van der Waals surface area contributed by atoms with Crippen molar-refractivity contribution in [2.24, 2.45) is 0 Å². The van der Waals surface area contributed by atoms with Gasteiger partial charge in [0, 0.05) is 31.3 Å². The van der Waals surface area contributed by atoms with E-state index in [1.54, 1.807) is 18.3 Å². The van der Waals surface area contributed by atoms with E-state index >= 15 is 0 Å².